The number of carbonyl (C=O) groups is 1. The maximum absolute atomic E-state index is 12.9. The van der Waals surface area contributed by atoms with E-state index in [1.165, 1.54) is 24.3 Å². The SMILES string of the molecule is O=C(NCc1ccc(OCc2ccccn2)cc1)NCC(O)c1ccc(F)cc1. The Morgan fingerprint density at radius 2 is 1.79 bits per heavy atom. The average Bonchev–Trinajstić information content (AvgIpc) is 2.76. The Labute approximate surface area is 168 Å². The van der Waals surface area contributed by atoms with E-state index >= 15 is 0 Å². The molecule has 2 aromatic carbocycles. The number of aliphatic hydroxyl groups is 1. The molecule has 0 saturated carbocycles. The maximum Gasteiger partial charge on any atom is 0.315 e. The monoisotopic (exact) mass is 395 g/mol. The number of halogens is 1. The Balaban J connectivity index is 1.39. The molecule has 0 radical (unpaired) electrons. The summed E-state index contributed by atoms with van der Waals surface area (Å²) in [6.45, 7) is 0.744. The third-order valence-corrected chi connectivity index (χ3v) is 4.20. The Hall–Kier alpha value is -3.45. The first-order chi connectivity index (χ1) is 14.1. The highest BCUT2D eigenvalue weighted by Crippen LogP contribution is 2.14. The van der Waals surface area contributed by atoms with Gasteiger partial charge in [-0.15, -0.1) is 0 Å². The molecule has 6 nitrogen and oxygen atoms in total. The number of hydrogen-bond acceptors (Lipinski definition) is 4. The molecule has 3 aromatic rings. The molecule has 0 saturated heterocycles. The van der Waals surface area contributed by atoms with Crippen LogP contribution in [0.2, 0.25) is 0 Å². The highest BCUT2D eigenvalue weighted by Gasteiger charge is 2.09. The maximum atomic E-state index is 12.9. The van der Waals surface area contributed by atoms with Gasteiger partial charge in [-0.25, -0.2) is 9.18 Å². The van der Waals surface area contributed by atoms with Crippen molar-refractivity contribution >= 4 is 6.03 Å². The first kappa shape index (κ1) is 20.3. The van der Waals surface area contributed by atoms with Crippen molar-refractivity contribution in [3.63, 3.8) is 0 Å². The van der Waals surface area contributed by atoms with Gasteiger partial charge in [-0.2, -0.15) is 0 Å². The third-order valence-electron chi connectivity index (χ3n) is 4.20. The van der Waals surface area contributed by atoms with Crippen molar-refractivity contribution in [2.45, 2.75) is 19.3 Å². The molecule has 1 heterocycles. The molecule has 0 fully saturated rings. The molecular formula is C22H22FN3O3. The van der Waals surface area contributed by atoms with Gasteiger partial charge in [0.2, 0.25) is 0 Å². The summed E-state index contributed by atoms with van der Waals surface area (Å²) in [7, 11) is 0. The molecule has 150 valence electrons. The molecular weight excluding hydrogens is 373 g/mol. The van der Waals surface area contributed by atoms with Crippen LogP contribution in [0.25, 0.3) is 0 Å². The van der Waals surface area contributed by atoms with Gasteiger partial charge in [0.25, 0.3) is 0 Å². The van der Waals surface area contributed by atoms with Crippen LogP contribution >= 0.6 is 0 Å². The molecule has 29 heavy (non-hydrogen) atoms. The molecule has 3 N–H and O–H groups in total. The molecule has 7 heteroatoms. The van der Waals surface area contributed by atoms with Crippen molar-refractivity contribution in [3.05, 3.63) is 95.6 Å². The normalized spacial score (nSPS) is 11.5. The third kappa shape index (κ3) is 6.58. The summed E-state index contributed by atoms with van der Waals surface area (Å²) in [5.74, 6) is 0.339. The second kappa shape index (κ2) is 10.2. The second-order valence-electron chi connectivity index (χ2n) is 6.38. The number of benzene rings is 2. The second-order valence-corrected chi connectivity index (χ2v) is 6.38. The van der Waals surface area contributed by atoms with Crippen LogP contribution in [0.15, 0.2) is 72.9 Å². The van der Waals surface area contributed by atoms with Crippen LogP contribution in [-0.4, -0.2) is 22.7 Å². The number of amides is 2. The van der Waals surface area contributed by atoms with E-state index < -0.39 is 12.1 Å². The highest BCUT2D eigenvalue weighted by atomic mass is 19.1. The molecule has 0 bridgehead atoms. The fraction of sp³-hybridized carbons (Fsp3) is 0.182. The molecule has 1 aromatic heterocycles. The topological polar surface area (TPSA) is 83.5 Å². The van der Waals surface area contributed by atoms with E-state index in [0.717, 1.165) is 11.3 Å². The number of hydrogen-bond donors (Lipinski definition) is 3. The first-order valence-electron chi connectivity index (χ1n) is 9.17. The van der Waals surface area contributed by atoms with Gasteiger partial charge in [-0.05, 0) is 47.5 Å². The zero-order valence-corrected chi connectivity index (χ0v) is 15.7. The van der Waals surface area contributed by atoms with Gasteiger partial charge < -0.3 is 20.5 Å². The number of ether oxygens (including phenoxy) is 1. The minimum absolute atomic E-state index is 0.0256. The van der Waals surface area contributed by atoms with E-state index in [-0.39, 0.29) is 12.4 Å². The number of aliphatic hydroxyl groups excluding tert-OH is 1. The molecule has 0 aliphatic rings. The first-order valence-corrected chi connectivity index (χ1v) is 9.17. The summed E-state index contributed by atoms with van der Waals surface area (Å²) in [4.78, 5) is 16.1. The number of aromatic nitrogens is 1. The van der Waals surface area contributed by atoms with Gasteiger partial charge in [0, 0.05) is 19.3 Å². The lowest BCUT2D eigenvalue weighted by atomic mass is 10.1. The molecule has 1 atom stereocenters. The quantitative estimate of drug-likeness (QED) is 0.546. The number of urea groups is 1. The minimum Gasteiger partial charge on any atom is -0.487 e. The predicted molar refractivity (Wildman–Crippen MR) is 107 cm³/mol. The van der Waals surface area contributed by atoms with Crippen molar-refractivity contribution in [1.82, 2.24) is 15.6 Å². The minimum atomic E-state index is -0.906. The Bertz CT molecular complexity index is 903. The van der Waals surface area contributed by atoms with Crippen LogP contribution in [0.4, 0.5) is 9.18 Å². The van der Waals surface area contributed by atoms with Gasteiger partial charge in [0.05, 0.1) is 11.8 Å². The number of pyridine rings is 1. The van der Waals surface area contributed by atoms with E-state index in [1.54, 1.807) is 6.20 Å². The zero-order valence-electron chi connectivity index (χ0n) is 15.7. The van der Waals surface area contributed by atoms with Gasteiger partial charge >= 0.3 is 6.03 Å². The fourth-order valence-corrected chi connectivity index (χ4v) is 2.58. The van der Waals surface area contributed by atoms with Gasteiger partial charge in [0.15, 0.2) is 0 Å². The van der Waals surface area contributed by atoms with E-state index in [2.05, 4.69) is 15.6 Å². The average molecular weight is 395 g/mol. The summed E-state index contributed by atoms with van der Waals surface area (Å²) in [5, 5.41) is 15.3. The Kier molecular flexibility index (Phi) is 7.13. The predicted octanol–water partition coefficient (Wildman–Crippen LogP) is 3.33. The smallest absolute Gasteiger partial charge is 0.315 e. The summed E-state index contributed by atoms with van der Waals surface area (Å²) in [5.41, 5.74) is 2.29. The van der Waals surface area contributed by atoms with Crippen molar-refractivity contribution in [2.24, 2.45) is 0 Å². The molecule has 0 aliphatic carbocycles. The summed E-state index contributed by atoms with van der Waals surface area (Å²) < 4.78 is 18.6. The zero-order chi connectivity index (χ0) is 20.5. The Morgan fingerprint density at radius 1 is 1.03 bits per heavy atom. The van der Waals surface area contributed by atoms with E-state index in [0.29, 0.717) is 24.5 Å². The van der Waals surface area contributed by atoms with Crippen molar-refractivity contribution in [2.75, 3.05) is 6.54 Å². The summed E-state index contributed by atoms with van der Waals surface area (Å²) in [6, 6.07) is 18.1. The molecule has 1 unspecified atom stereocenters. The molecule has 0 spiro atoms. The van der Waals surface area contributed by atoms with Crippen LogP contribution in [0, 0.1) is 5.82 Å². The summed E-state index contributed by atoms with van der Waals surface area (Å²) >= 11 is 0. The number of nitrogens with one attached hydrogen (secondary N) is 2. The number of carbonyl (C=O) groups excluding carboxylic acids is 1. The molecule has 0 aliphatic heterocycles. The van der Waals surface area contributed by atoms with Gasteiger partial charge in [0.1, 0.15) is 18.2 Å². The Morgan fingerprint density at radius 3 is 2.48 bits per heavy atom. The lowest BCUT2D eigenvalue weighted by Crippen LogP contribution is -2.37. The largest absolute Gasteiger partial charge is 0.487 e. The molecule has 2 amide bonds. The molecule has 3 rings (SSSR count). The van der Waals surface area contributed by atoms with Crippen LogP contribution < -0.4 is 15.4 Å². The number of nitrogens with zero attached hydrogens (tertiary/aromatic N) is 1. The lowest BCUT2D eigenvalue weighted by molar-refractivity contribution is 0.173. The highest BCUT2D eigenvalue weighted by molar-refractivity contribution is 5.73. The number of rotatable bonds is 8. The van der Waals surface area contributed by atoms with Gasteiger partial charge in [-0.1, -0.05) is 30.3 Å². The lowest BCUT2D eigenvalue weighted by Gasteiger charge is -2.13. The standard InChI is InChI=1S/C22H22FN3O3/c23-18-8-6-17(7-9-18)21(27)14-26-22(28)25-13-16-4-10-20(11-5-16)29-15-19-3-1-2-12-24-19/h1-12,21,27H,13-15H2,(H2,25,26,28). The van der Waals surface area contributed by atoms with Crippen LogP contribution in [0.1, 0.15) is 22.9 Å². The van der Waals surface area contributed by atoms with Crippen LogP contribution in [0.5, 0.6) is 5.75 Å². The van der Waals surface area contributed by atoms with Crippen molar-refractivity contribution in [3.8, 4) is 5.75 Å². The van der Waals surface area contributed by atoms with Gasteiger partial charge in [-0.3, -0.25) is 4.98 Å². The van der Waals surface area contributed by atoms with Crippen molar-refractivity contribution in [1.29, 1.82) is 0 Å². The fourth-order valence-electron chi connectivity index (χ4n) is 2.58. The van der Waals surface area contributed by atoms with E-state index in [4.69, 9.17) is 4.74 Å². The van der Waals surface area contributed by atoms with E-state index in [9.17, 15) is 14.3 Å². The van der Waals surface area contributed by atoms with Crippen LogP contribution in [-0.2, 0) is 13.2 Å². The van der Waals surface area contributed by atoms with Crippen LogP contribution in [0.3, 0.4) is 0 Å². The van der Waals surface area contributed by atoms with Crippen molar-refractivity contribution < 1.29 is 19.0 Å². The van der Waals surface area contributed by atoms with E-state index in [1.807, 2.05) is 42.5 Å². The summed E-state index contributed by atoms with van der Waals surface area (Å²) in [6.07, 6.45) is 0.814.